The van der Waals surface area contributed by atoms with Gasteiger partial charge in [0, 0.05) is 18.0 Å². The molecule has 1 saturated heterocycles. The second-order valence-electron chi connectivity index (χ2n) is 8.31. The van der Waals surface area contributed by atoms with Crippen LogP contribution in [-0.4, -0.2) is 95.0 Å². The summed E-state index contributed by atoms with van der Waals surface area (Å²) in [6.07, 6.45) is -17.2. The molecule has 4 nitrogen and oxygen atoms in total. The van der Waals surface area contributed by atoms with Crippen LogP contribution in [0.1, 0.15) is 20.8 Å². The molecule has 1 rings (SSSR count). The molecule has 0 N–H and O–H groups in total. The summed E-state index contributed by atoms with van der Waals surface area (Å²) in [5.74, 6) is -0.932. The van der Waals surface area contributed by atoms with Crippen molar-refractivity contribution in [1.82, 2.24) is 9.80 Å². The minimum Gasteiger partial charge on any atom is -0.426 e. The van der Waals surface area contributed by atoms with E-state index in [9.17, 15) is 31.1 Å². The Morgan fingerprint density at radius 3 is 1.81 bits per heavy atom. The normalized spacial score (nSPS) is 25.4. The zero-order valence-corrected chi connectivity index (χ0v) is 15.9. The number of halogens is 6. The molecule has 1 amide bonds. The molecule has 26 heavy (non-hydrogen) atoms. The van der Waals surface area contributed by atoms with E-state index < -0.39 is 35.8 Å². The zero-order chi connectivity index (χ0) is 20.9. The molecule has 1 fully saturated rings. The molecular weight excluding hydrogens is 361 g/mol. The number of amides is 1. The lowest BCUT2D eigenvalue weighted by Crippen LogP contribution is -2.76. The third kappa shape index (κ3) is 4.86. The summed E-state index contributed by atoms with van der Waals surface area (Å²) in [4.78, 5) is 15.2. The lowest BCUT2D eigenvalue weighted by molar-refractivity contribution is -0.308. The average molecular weight is 384 g/mol. The van der Waals surface area contributed by atoms with Crippen molar-refractivity contribution in [3.8, 4) is 0 Å². The summed E-state index contributed by atoms with van der Waals surface area (Å²) in [5, 5.41) is -0.671. The van der Waals surface area contributed by atoms with Crippen LogP contribution in [0.5, 0.6) is 0 Å². The fraction of sp³-hybridized carbons (Fsp3) is 0.917. The van der Waals surface area contributed by atoms with Crippen LogP contribution in [0, 0.1) is 0 Å². The van der Waals surface area contributed by atoms with Gasteiger partial charge in [0.25, 0.3) is 6.10 Å². The molecule has 0 aromatic rings. The fourth-order valence-corrected chi connectivity index (χ4v) is 3.90. The average Bonchev–Trinajstić information content (AvgIpc) is 2.35. The van der Waals surface area contributed by atoms with Crippen LogP contribution in [0.4, 0.5) is 31.1 Å². The molecule has 1 aliphatic rings. The molecule has 0 radical (unpaired) electrons. The number of hydrogen-bond acceptors (Lipinski definition) is 3. The van der Waals surface area contributed by atoms with Crippen LogP contribution in [0.15, 0.2) is 0 Å². The lowest BCUT2D eigenvalue weighted by Gasteiger charge is -2.59. The van der Waals surface area contributed by atoms with Crippen molar-refractivity contribution in [3.63, 3.8) is 0 Å². The van der Waals surface area contributed by atoms with Crippen LogP contribution in [0.3, 0.4) is 0 Å². The van der Waals surface area contributed by atoms with Crippen LogP contribution < -0.4 is 0 Å². The molecule has 2 atom stereocenters. The maximum atomic E-state index is 12.7. The van der Waals surface area contributed by atoms with E-state index >= 15 is 0 Å². The minimum atomic E-state index is -5.73. The Hall–Kier alpha value is -0.930. The quantitative estimate of drug-likeness (QED) is 0.424. The monoisotopic (exact) mass is 384 g/mol. The van der Waals surface area contributed by atoms with Gasteiger partial charge in [-0.2, -0.15) is 26.3 Å². The molecule has 0 aromatic carbocycles. The molecule has 1 aliphatic heterocycles. The first-order valence-corrected chi connectivity index (χ1v) is 8.20. The number of ether oxygens (including phenoxy) is 1. The largest absolute Gasteiger partial charge is 0.434 e. The number of nitrogens with zero attached hydrogens (tertiary/aromatic N) is 2. The molecule has 0 spiro atoms. The zero-order valence-electron chi connectivity index (χ0n) is 15.9. The van der Waals surface area contributed by atoms with E-state index in [0.29, 0.717) is 0 Å². The van der Waals surface area contributed by atoms with Gasteiger partial charge in [0.1, 0.15) is 31.4 Å². The number of rotatable bonds is 1. The van der Waals surface area contributed by atoms with E-state index in [0.717, 1.165) is 4.90 Å². The lowest BCUT2D eigenvalue weighted by atomic mass is 9.54. The number of alkyl halides is 6. The van der Waals surface area contributed by atoms with Gasteiger partial charge in [-0.05, 0) is 32.1 Å². The third-order valence-electron chi connectivity index (χ3n) is 4.58. The van der Waals surface area contributed by atoms with Gasteiger partial charge in [-0.25, -0.2) is 4.79 Å². The molecule has 146 valence electrons. The van der Waals surface area contributed by atoms with Crippen molar-refractivity contribution in [3.05, 3.63) is 0 Å². The summed E-state index contributed by atoms with van der Waals surface area (Å²) in [6, 6.07) is 0. The summed E-state index contributed by atoms with van der Waals surface area (Å²) >= 11 is 0. The van der Waals surface area contributed by atoms with E-state index in [1.54, 1.807) is 31.4 Å². The van der Waals surface area contributed by atoms with E-state index in [1.807, 2.05) is 20.8 Å². The van der Waals surface area contributed by atoms with Crippen molar-refractivity contribution in [2.45, 2.75) is 62.0 Å². The highest BCUT2D eigenvalue weighted by molar-refractivity contribution is 6.41. The molecular formula is C12H22B4F6N2O2. The van der Waals surface area contributed by atoms with Gasteiger partial charge >= 0.3 is 18.4 Å². The Morgan fingerprint density at radius 1 is 1.04 bits per heavy atom. The van der Waals surface area contributed by atoms with Crippen LogP contribution >= 0.6 is 0 Å². The number of piperazine rings is 1. The summed E-state index contributed by atoms with van der Waals surface area (Å²) in [6.45, 7) is 5.80. The molecule has 0 saturated carbocycles. The highest BCUT2D eigenvalue weighted by Crippen LogP contribution is 2.37. The van der Waals surface area contributed by atoms with Crippen LogP contribution in [0.2, 0.25) is 0 Å². The predicted molar refractivity (Wildman–Crippen MR) is 95.2 cm³/mol. The van der Waals surface area contributed by atoms with Gasteiger partial charge in [-0.3, -0.25) is 0 Å². The van der Waals surface area contributed by atoms with E-state index in [-0.39, 0.29) is 18.0 Å². The first-order chi connectivity index (χ1) is 11.3. The fourth-order valence-electron chi connectivity index (χ4n) is 3.90. The Morgan fingerprint density at radius 2 is 1.46 bits per heavy atom. The second-order valence-corrected chi connectivity index (χ2v) is 8.31. The third-order valence-corrected chi connectivity index (χ3v) is 4.58. The summed E-state index contributed by atoms with van der Waals surface area (Å²) in [5.41, 5.74) is -0.312. The van der Waals surface area contributed by atoms with Crippen molar-refractivity contribution in [2.75, 3.05) is 6.54 Å². The van der Waals surface area contributed by atoms with Gasteiger partial charge in [-0.1, -0.05) is 0 Å². The molecule has 2 unspecified atom stereocenters. The molecule has 0 aliphatic carbocycles. The Kier molecular flexibility index (Phi) is 6.14. The molecule has 14 heteroatoms. The Balaban J connectivity index is 3.11. The van der Waals surface area contributed by atoms with Crippen LogP contribution in [-0.2, 0) is 4.74 Å². The second kappa shape index (κ2) is 6.91. The smallest absolute Gasteiger partial charge is 0.426 e. The predicted octanol–water partition coefficient (Wildman–Crippen LogP) is -1.13. The van der Waals surface area contributed by atoms with E-state index in [2.05, 4.69) is 9.64 Å². The Labute approximate surface area is 152 Å². The van der Waals surface area contributed by atoms with Gasteiger partial charge < -0.3 is 14.5 Å². The topological polar surface area (TPSA) is 32.8 Å². The van der Waals surface area contributed by atoms with Gasteiger partial charge in [0.2, 0.25) is 0 Å². The number of hydrogen-bond donors (Lipinski definition) is 0. The van der Waals surface area contributed by atoms with Crippen LogP contribution in [0.25, 0.3) is 0 Å². The molecule has 0 bridgehead atoms. The maximum absolute atomic E-state index is 12.7. The van der Waals surface area contributed by atoms with Crippen molar-refractivity contribution >= 4 is 37.5 Å². The van der Waals surface area contributed by atoms with Crippen molar-refractivity contribution in [2.24, 2.45) is 0 Å². The molecule has 0 aromatic heterocycles. The highest BCUT2D eigenvalue weighted by atomic mass is 19.4. The van der Waals surface area contributed by atoms with Gasteiger partial charge in [0.05, 0.1) is 0 Å². The Bertz CT molecular complexity index is 523. The number of carbonyl (C=O) groups excluding carboxylic acids is 1. The van der Waals surface area contributed by atoms with E-state index in [4.69, 9.17) is 0 Å². The maximum Gasteiger partial charge on any atom is 0.434 e. The van der Waals surface area contributed by atoms with Gasteiger partial charge in [0.15, 0.2) is 0 Å². The SMILES string of the molecule is BC1C(B)N(C(C)(C)C)C(B)(B)CN1C(=O)OC(C(F)(F)F)C(F)(F)F. The molecule has 1 heterocycles. The number of carbonyl (C=O) groups is 1. The minimum absolute atomic E-state index is 0.0585. The van der Waals surface area contributed by atoms with Crippen molar-refractivity contribution in [1.29, 1.82) is 0 Å². The summed E-state index contributed by atoms with van der Waals surface area (Å²) < 4.78 is 79.9. The first-order valence-electron chi connectivity index (χ1n) is 8.20. The standard InChI is InChI=1S/C12H22B4F6N2O2/c1-9(2,3)24-6(14)5(13)23(4-10(24,15)16)8(25)26-7(11(17,18)19)12(20,21)22/h5-7H,4,13-16H2,1-3H3. The first kappa shape index (κ1) is 23.1. The van der Waals surface area contributed by atoms with E-state index in [1.165, 1.54) is 0 Å². The highest BCUT2D eigenvalue weighted by Gasteiger charge is 2.60. The van der Waals surface area contributed by atoms with Crippen molar-refractivity contribution < 1.29 is 35.9 Å². The summed E-state index contributed by atoms with van der Waals surface area (Å²) in [7, 11) is 6.93. The van der Waals surface area contributed by atoms with Gasteiger partial charge in [-0.15, -0.1) is 0 Å².